The highest BCUT2D eigenvalue weighted by Crippen LogP contribution is 2.28. The summed E-state index contributed by atoms with van der Waals surface area (Å²) in [5, 5.41) is 10.0. The molecule has 1 saturated carbocycles. The van der Waals surface area contributed by atoms with Gasteiger partial charge in [-0.05, 0) is 37.1 Å². The van der Waals surface area contributed by atoms with Gasteiger partial charge in [0.2, 0.25) is 5.91 Å². The molecule has 29 heavy (non-hydrogen) atoms. The van der Waals surface area contributed by atoms with Crippen LogP contribution >= 0.6 is 22.9 Å². The van der Waals surface area contributed by atoms with Crippen molar-refractivity contribution >= 4 is 45.7 Å². The molecule has 0 unspecified atom stereocenters. The Morgan fingerprint density at radius 3 is 2.69 bits per heavy atom. The van der Waals surface area contributed by atoms with E-state index in [2.05, 4.69) is 25.8 Å². The molecule has 1 aliphatic heterocycles. The van der Waals surface area contributed by atoms with E-state index < -0.39 is 0 Å². The first kappa shape index (κ1) is 20.1. The third-order valence-corrected chi connectivity index (χ3v) is 6.47. The number of carbonyl (C=O) groups excluding carboxylic acids is 2. The van der Waals surface area contributed by atoms with Gasteiger partial charge in [-0.3, -0.25) is 15.0 Å². The van der Waals surface area contributed by atoms with Crippen LogP contribution in [-0.4, -0.2) is 41.0 Å². The topological polar surface area (TPSA) is 86.4 Å². The van der Waals surface area contributed by atoms with Gasteiger partial charge in [-0.1, -0.05) is 24.4 Å². The molecule has 3 amide bonds. The van der Waals surface area contributed by atoms with E-state index in [1.54, 1.807) is 24.3 Å². The van der Waals surface area contributed by atoms with Gasteiger partial charge in [-0.25, -0.2) is 9.78 Å². The van der Waals surface area contributed by atoms with Crippen LogP contribution in [0, 0.1) is 0 Å². The average Bonchev–Trinajstić information content (AvgIpc) is 3.32. The minimum absolute atomic E-state index is 0.0606. The summed E-state index contributed by atoms with van der Waals surface area (Å²) in [5.74, 6) is -0.0606. The van der Waals surface area contributed by atoms with E-state index in [4.69, 9.17) is 11.6 Å². The van der Waals surface area contributed by atoms with Gasteiger partial charge >= 0.3 is 6.03 Å². The number of nitrogens with zero attached hydrogens (tertiary/aromatic N) is 2. The number of benzene rings is 1. The number of hydrogen-bond donors (Lipinski definition) is 3. The average molecular weight is 434 g/mol. The lowest BCUT2D eigenvalue weighted by Gasteiger charge is -2.25. The summed E-state index contributed by atoms with van der Waals surface area (Å²) >= 11 is 7.36. The summed E-state index contributed by atoms with van der Waals surface area (Å²) in [5.41, 5.74) is 1.75. The zero-order chi connectivity index (χ0) is 20.2. The maximum absolute atomic E-state index is 12.3. The third kappa shape index (κ3) is 5.46. The number of urea groups is 1. The molecule has 2 heterocycles. The number of carbonyl (C=O) groups is 2. The Hall–Kier alpha value is -2.16. The van der Waals surface area contributed by atoms with Crippen LogP contribution < -0.4 is 16.0 Å². The van der Waals surface area contributed by atoms with Crippen molar-refractivity contribution in [3.63, 3.8) is 0 Å². The van der Waals surface area contributed by atoms with Crippen molar-refractivity contribution in [3.8, 4) is 0 Å². The van der Waals surface area contributed by atoms with Crippen molar-refractivity contribution in [2.75, 3.05) is 23.7 Å². The van der Waals surface area contributed by atoms with Gasteiger partial charge < -0.3 is 10.6 Å². The normalized spacial score (nSPS) is 17.0. The van der Waals surface area contributed by atoms with E-state index >= 15 is 0 Å². The molecule has 1 aliphatic carbocycles. The third-order valence-electron chi connectivity index (χ3n) is 5.22. The van der Waals surface area contributed by atoms with Crippen LogP contribution in [0.15, 0.2) is 24.3 Å². The predicted molar refractivity (Wildman–Crippen MR) is 116 cm³/mol. The molecule has 9 heteroatoms. The van der Waals surface area contributed by atoms with Gasteiger partial charge in [0.05, 0.1) is 12.2 Å². The van der Waals surface area contributed by atoms with Gasteiger partial charge in [-0.15, -0.1) is 11.3 Å². The minimum Gasteiger partial charge on any atom is -0.335 e. The summed E-state index contributed by atoms with van der Waals surface area (Å²) < 4.78 is 0. The number of amides is 3. The van der Waals surface area contributed by atoms with Crippen molar-refractivity contribution in [3.05, 3.63) is 39.9 Å². The van der Waals surface area contributed by atoms with Crippen LogP contribution in [0.3, 0.4) is 0 Å². The van der Waals surface area contributed by atoms with E-state index in [-0.39, 0.29) is 18.0 Å². The van der Waals surface area contributed by atoms with Gasteiger partial charge in [-0.2, -0.15) is 0 Å². The van der Waals surface area contributed by atoms with Gasteiger partial charge in [0.1, 0.15) is 0 Å². The Morgan fingerprint density at radius 1 is 1.17 bits per heavy atom. The number of hydrogen-bond acceptors (Lipinski definition) is 5. The second kappa shape index (κ2) is 9.11. The maximum Gasteiger partial charge on any atom is 0.321 e. The zero-order valence-corrected chi connectivity index (χ0v) is 17.6. The van der Waals surface area contributed by atoms with Gasteiger partial charge in [0.15, 0.2) is 5.13 Å². The molecule has 0 saturated heterocycles. The van der Waals surface area contributed by atoms with Gasteiger partial charge in [0, 0.05) is 41.1 Å². The monoisotopic (exact) mass is 433 g/mol. The fraction of sp³-hybridized carbons (Fsp3) is 0.450. The summed E-state index contributed by atoms with van der Waals surface area (Å²) in [6, 6.07) is 7.16. The molecule has 2 aromatic rings. The molecule has 2 aliphatic rings. The van der Waals surface area contributed by atoms with Crippen LogP contribution in [0.2, 0.25) is 5.02 Å². The second-order valence-electron chi connectivity index (χ2n) is 7.48. The zero-order valence-electron chi connectivity index (χ0n) is 16.0. The second-order valence-corrected chi connectivity index (χ2v) is 9.00. The van der Waals surface area contributed by atoms with Crippen molar-refractivity contribution in [1.82, 2.24) is 15.2 Å². The highest BCUT2D eigenvalue weighted by molar-refractivity contribution is 7.15. The van der Waals surface area contributed by atoms with Crippen LogP contribution in [0.1, 0.15) is 36.3 Å². The number of nitrogens with one attached hydrogen (secondary N) is 3. The molecular formula is C20H24ClN5O2S. The molecular weight excluding hydrogens is 410 g/mol. The molecule has 0 radical (unpaired) electrons. The molecule has 1 fully saturated rings. The number of rotatable bonds is 5. The van der Waals surface area contributed by atoms with E-state index in [0.717, 1.165) is 42.1 Å². The van der Waals surface area contributed by atoms with Crippen molar-refractivity contribution < 1.29 is 9.59 Å². The molecule has 4 rings (SSSR count). The lowest BCUT2D eigenvalue weighted by molar-refractivity contribution is -0.117. The SMILES string of the molecule is O=C(CN1CCc2nc(NC(=O)NC3CCCC3)sc2C1)Nc1ccc(Cl)cc1. The highest BCUT2D eigenvalue weighted by Gasteiger charge is 2.23. The number of aromatic nitrogens is 1. The molecule has 154 valence electrons. The molecule has 3 N–H and O–H groups in total. The summed E-state index contributed by atoms with van der Waals surface area (Å²) in [6.45, 7) is 1.73. The van der Waals surface area contributed by atoms with Crippen LogP contribution in [0.5, 0.6) is 0 Å². The van der Waals surface area contributed by atoms with Crippen LogP contribution in [-0.2, 0) is 17.8 Å². The molecule has 0 spiro atoms. The standard InChI is InChI=1S/C20H24ClN5O2S/c21-13-5-7-15(8-6-13)22-18(27)12-26-10-9-16-17(11-26)29-20(24-16)25-19(28)23-14-3-1-2-4-14/h5-8,14H,1-4,9-12H2,(H,22,27)(H2,23,24,25,28). The summed E-state index contributed by atoms with van der Waals surface area (Å²) in [6.07, 6.45) is 5.23. The van der Waals surface area contributed by atoms with Crippen molar-refractivity contribution in [2.45, 2.75) is 44.7 Å². The molecule has 0 bridgehead atoms. The van der Waals surface area contributed by atoms with Gasteiger partial charge in [0.25, 0.3) is 0 Å². The van der Waals surface area contributed by atoms with Crippen LogP contribution in [0.4, 0.5) is 15.6 Å². The molecule has 0 atom stereocenters. The summed E-state index contributed by atoms with van der Waals surface area (Å²) in [7, 11) is 0. The Labute approximate surface area is 178 Å². The lowest BCUT2D eigenvalue weighted by Crippen LogP contribution is -2.36. The predicted octanol–water partition coefficient (Wildman–Crippen LogP) is 3.86. The Bertz CT molecular complexity index is 879. The number of fused-ring (bicyclic) bond motifs is 1. The quantitative estimate of drug-likeness (QED) is 0.668. The fourth-order valence-electron chi connectivity index (χ4n) is 3.76. The highest BCUT2D eigenvalue weighted by atomic mass is 35.5. The minimum atomic E-state index is -0.179. The summed E-state index contributed by atoms with van der Waals surface area (Å²) in [4.78, 5) is 32.2. The van der Waals surface area contributed by atoms with Crippen molar-refractivity contribution in [1.29, 1.82) is 0 Å². The van der Waals surface area contributed by atoms with Crippen LogP contribution in [0.25, 0.3) is 0 Å². The molecule has 1 aromatic heterocycles. The lowest BCUT2D eigenvalue weighted by atomic mass is 10.2. The maximum atomic E-state index is 12.3. The smallest absolute Gasteiger partial charge is 0.321 e. The molecule has 7 nitrogen and oxygen atoms in total. The Kier molecular flexibility index (Phi) is 6.32. The Balaban J connectivity index is 1.28. The first-order chi connectivity index (χ1) is 14.0. The van der Waals surface area contributed by atoms with E-state index in [1.165, 1.54) is 24.2 Å². The van der Waals surface area contributed by atoms with E-state index in [9.17, 15) is 9.59 Å². The van der Waals surface area contributed by atoms with Crippen molar-refractivity contribution in [2.24, 2.45) is 0 Å². The number of thiazole rings is 1. The Morgan fingerprint density at radius 2 is 1.93 bits per heavy atom. The number of halogens is 1. The molecule has 1 aromatic carbocycles. The first-order valence-corrected chi connectivity index (χ1v) is 11.1. The number of anilines is 2. The fourth-order valence-corrected chi connectivity index (χ4v) is 4.93. The van der Waals surface area contributed by atoms with E-state index in [1.807, 2.05) is 0 Å². The first-order valence-electron chi connectivity index (χ1n) is 9.89. The van der Waals surface area contributed by atoms with E-state index in [0.29, 0.717) is 23.2 Å². The largest absolute Gasteiger partial charge is 0.335 e.